The van der Waals surface area contributed by atoms with Crippen LogP contribution in [0.2, 0.25) is 5.02 Å². The highest BCUT2D eigenvalue weighted by Crippen LogP contribution is 2.26. The maximum atomic E-state index is 12.9. The molecule has 0 atom stereocenters. The van der Waals surface area contributed by atoms with E-state index in [1.54, 1.807) is 11.0 Å². The number of carbonyl (C=O) groups excluding carboxylic acids is 3. The van der Waals surface area contributed by atoms with Crippen LogP contribution in [0.25, 0.3) is 0 Å². The Hall–Kier alpha value is -3.05. The van der Waals surface area contributed by atoms with Gasteiger partial charge in [0.2, 0.25) is 11.8 Å². The SMILES string of the molecule is COc1nc(N)c(Cl)cc1C(=O)NC1CCN(CC2CCN(C(=O)C=CC3CCN(C(=O)OC(C)(C)C)CC3)CC2)CC1. The summed E-state index contributed by atoms with van der Waals surface area (Å²) in [5, 5.41) is 3.32. The highest BCUT2D eigenvalue weighted by Gasteiger charge is 2.29. The first-order valence-corrected chi connectivity index (χ1v) is 15.8. The van der Waals surface area contributed by atoms with Gasteiger partial charge in [-0.3, -0.25) is 9.59 Å². The van der Waals surface area contributed by atoms with Crippen LogP contribution in [0.1, 0.15) is 69.7 Å². The predicted octanol–water partition coefficient (Wildman–Crippen LogP) is 3.96. The summed E-state index contributed by atoms with van der Waals surface area (Å²) in [5.74, 6) is 0.974. The van der Waals surface area contributed by atoms with Gasteiger partial charge in [0.15, 0.2) is 0 Å². The molecule has 0 bridgehead atoms. The number of ether oxygens (including phenoxy) is 2. The van der Waals surface area contributed by atoms with E-state index in [2.05, 4.69) is 15.2 Å². The van der Waals surface area contributed by atoms with Crippen molar-refractivity contribution < 1.29 is 23.9 Å². The summed E-state index contributed by atoms with van der Waals surface area (Å²) in [5.41, 5.74) is 5.52. The van der Waals surface area contributed by atoms with Gasteiger partial charge >= 0.3 is 6.09 Å². The molecule has 3 amide bonds. The van der Waals surface area contributed by atoms with Gasteiger partial charge in [-0.1, -0.05) is 17.7 Å². The Morgan fingerprint density at radius 3 is 2.26 bits per heavy atom. The number of aromatic nitrogens is 1. The Balaban J connectivity index is 1.13. The number of piperidine rings is 3. The maximum absolute atomic E-state index is 12.9. The van der Waals surface area contributed by atoms with Crippen molar-refractivity contribution in [2.75, 3.05) is 58.7 Å². The van der Waals surface area contributed by atoms with Crippen molar-refractivity contribution in [2.24, 2.45) is 11.8 Å². The van der Waals surface area contributed by atoms with Crippen molar-refractivity contribution >= 4 is 35.3 Å². The van der Waals surface area contributed by atoms with Gasteiger partial charge < -0.3 is 35.2 Å². The van der Waals surface area contributed by atoms with Gasteiger partial charge in [0.25, 0.3) is 5.91 Å². The quantitative estimate of drug-likeness (QED) is 0.439. The number of allylic oxidation sites excluding steroid dienone is 1. The summed E-state index contributed by atoms with van der Waals surface area (Å²) >= 11 is 6.07. The molecule has 1 aromatic rings. The van der Waals surface area contributed by atoms with Crippen LogP contribution >= 0.6 is 11.6 Å². The van der Waals surface area contributed by atoms with E-state index in [1.165, 1.54) is 13.2 Å². The molecule has 3 aliphatic heterocycles. The monoisotopic (exact) mass is 618 g/mol. The van der Waals surface area contributed by atoms with Crippen molar-refractivity contribution in [3.05, 3.63) is 28.8 Å². The van der Waals surface area contributed by atoms with E-state index in [0.29, 0.717) is 24.9 Å². The zero-order valence-electron chi connectivity index (χ0n) is 25.9. The van der Waals surface area contributed by atoms with Gasteiger partial charge in [-0.15, -0.1) is 0 Å². The molecule has 0 aromatic carbocycles. The lowest BCUT2D eigenvalue weighted by Crippen LogP contribution is -2.47. The van der Waals surface area contributed by atoms with Crippen LogP contribution in [0.5, 0.6) is 5.88 Å². The third kappa shape index (κ3) is 9.47. The van der Waals surface area contributed by atoms with Crippen LogP contribution in [0.4, 0.5) is 10.6 Å². The molecule has 3 N–H and O–H groups in total. The van der Waals surface area contributed by atoms with Gasteiger partial charge in [-0.2, -0.15) is 4.98 Å². The molecular formula is C31H47ClN6O5. The molecule has 43 heavy (non-hydrogen) atoms. The van der Waals surface area contributed by atoms with E-state index in [1.807, 2.05) is 31.7 Å². The molecule has 1 aromatic heterocycles. The van der Waals surface area contributed by atoms with Crippen LogP contribution in [-0.2, 0) is 9.53 Å². The van der Waals surface area contributed by atoms with Gasteiger partial charge in [0.05, 0.1) is 12.1 Å². The Kier molecular flexibility index (Phi) is 11.2. The minimum Gasteiger partial charge on any atom is -0.480 e. The average molecular weight is 619 g/mol. The average Bonchev–Trinajstić information content (AvgIpc) is 2.97. The van der Waals surface area contributed by atoms with Crippen molar-refractivity contribution in [2.45, 2.75) is 70.9 Å². The van der Waals surface area contributed by atoms with Crippen LogP contribution < -0.4 is 15.8 Å². The van der Waals surface area contributed by atoms with Crippen LogP contribution in [0, 0.1) is 11.8 Å². The summed E-state index contributed by atoms with van der Waals surface area (Å²) in [7, 11) is 1.45. The number of pyridine rings is 1. The number of carbonyl (C=O) groups is 3. The predicted molar refractivity (Wildman–Crippen MR) is 166 cm³/mol. The second kappa shape index (κ2) is 14.6. The first kappa shape index (κ1) is 32.9. The Labute approximate surface area is 260 Å². The normalized spacial score (nSPS) is 19.9. The topological polar surface area (TPSA) is 130 Å². The minimum absolute atomic E-state index is 0.0700. The van der Waals surface area contributed by atoms with Crippen LogP contribution in [0.3, 0.4) is 0 Å². The van der Waals surface area contributed by atoms with E-state index in [4.69, 9.17) is 26.8 Å². The van der Waals surface area contributed by atoms with Gasteiger partial charge in [-0.05, 0) is 83.3 Å². The fourth-order valence-electron chi connectivity index (χ4n) is 5.95. The first-order chi connectivity index (χ1) is 20.4. The van der Waals surface area contributed by atoms with Crippen LogP contribution in [0.15, 0.2) is 18.2 Å². The minimum atomic E-state index is -0.494. The second-order valence-electron chi connectivity index (χ2n) is 12.9. The summed E-state index contributed by atoms with van der Waals surface area (Å²) in [6, 6.07) is 1.57. The second-order valence-corrected chi connectivity index (χ2v) is 13.3. The number of nitrogens with one attached hydrogen (secondary N) is 1. The highest BCUT2D eigenvalue weighted by atomic mass is 35.5. The van der Waals surface area contributed by atoms with E-state index >= 15 is 0 Å². The molecule has 4 heterocycles. The van der Waals surface area contributed by atoms with Gasteiger partial charge in [-0.25, -0.2) is 4.79 Å². The molecule has 238 valence electrons. The first-order valence-electron chi connectivity index (χ1n) is 15.4. The Morgan fingerprint density at radius 1 is 1.02 bits per heavy atom. The maximum Gasteiger partial charge on any atom is 0.410 e. The lowest BCUT2D eigenvalue weighted by Gasteiger charge is -2.37. The highest BCUT2D eigenvalue weighted by molar-refractivity contribution is 6.33. The van der Waals surface area contributed by atoms with Crippen molar-refractivity contribution in [1.29, 1.82) is 0 Å². The number of anilines is 1. The zero-order valence-corrected chi connectivity index (χ0v) is 26.7. The Morgan fingerprint density at radius 2 is 1.65 bits per heavy atom. The van der Waals surface area contributed by atoms with E-state index in [-0.39, 0.29) is 46.2 Å². The number of hydrogen-bond donors (Lipinski definition) is 2. The molecule has 4 rings (SSSR count). The molecule has 0 saturated carbocycles. The molecule has 0 unspecified atom stereocenters. The lowest BCUT2D eigenvalue weighted by molar-refractivity contribution is -0.127. The molecular weight excluding hydrogens is 572 g/mol. The lowest BCUT2D eigenvalue weighted by atomic mass is 9.94. The smallest absolute Gasteiger partial charge is 0.410 e. The number of halogens is 1. The molecule has 0 radical (unpaired) electrons. The molecule has 3 aliphatic rings. The molecule has 0 spiro atoms. The summed E-state index contributed by atoms with van der Waals surface area (Å²) < 4.78 is 10.7. The number of hydrogen-bond acceptors (Lipinski definition) is 8. The summed E-state index contributed by atoms with van der Waals surface area (Å²) in [4.78, 5) is 48.2. The number of nitrogen functional groups attached to an aromatic ring is 1. The van der Waals surface area contributed by atoms with Crippen molar-refractivity contribution in [3.8, 4) is 5.88 Å². The molecule has 11 nitrogen and oxygen atoms in total. The summed E-state index contributed by atoms with van der Waals surface area (Å²) in [6.45, 7) is 11.3. The van der Waals surface area contributed by atoms with Crippen LogP contribution in [-0.4, -0.2) is 102 Å². The number of nitrogens with zero attached hydrogens (tertiary/aromatic N) is 4. The third-order valence-electron chi connectivity index (χ3n) is 8.47. The number of nitrogens with two attached hydrogens (primary N) is 1. The molecule has 3 saturated heterocycles. The number of amides is 3. The van der Waals surface area contributed by atoms with Crippen molar-refractivity contribution in [1.82, 2.24) is 25.0 Å². The van der Waals surface area contributed by atoms with Gasteiger partial charge in [0, 0.05) is 51.9 Å². The van der Waals surface area contributed by atoms with E-state index in [0.717, 1.165) is 71.2 Å². The fourth-order valence-corrected chi connectivity index (χ4v) is 6.10. The van der Waals surface area contributed by atoms with Gasteiger partial charge in [0.1, 0.15) is 17.0 Å². The summed E-state index contributed by atoms with van der Waals surface area (Å²) in [6.07, 6.45) is 8.90. The number of likely N-dealkylation sites (tertiary alicyclic amines) is 3. The zero-order chi connectivity index (χ0) is 31.1. The molecule has 3 fully saturated rings. The molecule has 12 heteroatoms. The molecule has 0 aliphatic carbocycles. The number of methoxy groups -OCH3 is 1. The number of rotatable bonds is 7. The fraction of sp³-hybridized carbons (Fsp3) is 0.677. The van der Waals surface area contributed by atoms with Crippen molar-refractivity contribution in [3.63, 3.8) is 0 Å². The van der Waals surface area contributed by atoms with E-state index < -0.39 is 5.60 Å². The standard InChI is InChI=1S/C31H47ClN6O5/c1-31(2,3)43-30(41)38-17-7-21(8-18-38)5-6-26(39)37-15-9-22(10-16-37)20-36-13-11-23(12-14-36)34-28(40)24-19-25(32)27(33)35-29(24)42-4/h5-6,19,21-23H,7-18,20H2,1-4H3,(H2,33,35)(H,34,40). The largest absolute Gasteiger partial charge is 0.480 e. The third-order valence-corrected chi connectivity index (χ3v) is 8.78. The Bertz CT molecular complexity index is 1160. The van der Waals surface area contributed by atoms with E-state index in [9.17, 15) is 14.4 Å².